The summed E-state index contributed by atoms with van der Waals surface area (Å²) in [5, 5.41) is 21.7. The number of hydrogen-bond acceptors (Lipinski definition) is 7. The molecular formula is C20H16N4O2S. The lowest BCUT2D eigenvalue weighted by Gasteiger charge is -2.06. The molecule has 0 saturated carbocycles. The molecule has 0 amide bonds. The van der Waals surface area contributed by atoms with Crippen molar-refractivity contribution in [2.24, 2.45) is 10.2 Å². The quantitative estimate of drug-likeness (QED) is 0.476. The lowest BCUT2D eigenvalue weighted by atomic mass is 10.1. The van der Waals surface area contributed by atoms with Crippen molar-refractivity contribution in [2.45, 2.75) is 6.54 Å². The smallest absolute Gasteiger partial charge is 0.186 e. The van der Waals surface area contributed by atoms with Gasteiger partial charge in [-0.1, -0.05) is 42.5 Å². The molecule has 2 heterocycles. The number of azo groups is 1. The van der Waals surface area contributed by atoms with Gasteiger partial charge in [-0.15, -0.1) is 16.5 Å². The van der Waals surface area contributed by atoms with E-state index in [-0.39, 0.29) is 12.3 Å². The maximum absolute atomic E-state index is 10.2. The molecule has 0 radical (unpaired) electrons. The highest BCUT2D eigenvalue weighted by molar-refractivity contribution is 7.17. The van der Waals surface area contributed by atoms with Crippen LogP contribution < -0.4 is 4.74 Å². The SMILES string of the molecule is COc1cccc(CN=Nc2ncnc3scc(-c4ccccc4)c23)c1O. The van der Waals surface area contributed by atoms with Crippen LogP contribution in [0, 0.1) is 0 Å². The molecule has 27 heavy (non-hydrogen) atoms. The molecule has 7 heteroatoms. The molecule has 6 nitrogen and oxygen atoms in total. The standard InChI is InChI=1S/C20H16N4O2S/c1-26-16-9-5-8-14(18(16)25)10-23-24-19-17-15(13-6-3-2-4-7-13)11-27-20(17)22-12-21-19/h2-9,11-12,25H,10H2,1H3. The van der Waals surface area contributed by atoms with Gasteiger partial charge in [0.2, 0.25) is 0 Å². The van der Waals surface area contributed by atoms with Gasteiger partial charge in [0.15, 0.2) is 17.3 Å². The van der Waals surface area contributed by atoms with Crippen LogP contribution in [0.15, 0.2) is 70.5 Å². The third-order valence-corrected chi connectivity index (χ3v) is 5.03. The van der Waals surface area contributed by atoms with E-state index in [9.17, 15) is 5.11 Å². The van der Waals surface area contributed by atoms with Crippen LogP contribution in [0.2, 0.25) is 0 Å². The molecule has 0 aliphatic heterocycles. The maximum atomic E-state index is 10.2. The van der Waals surface area contributed by atoms with E-state index in [4.69, 9.17) is 4.74 Å². The minimum absolute atomic E-state index is 0.0762. The molecular weight excluding hydrogens is 360 g/mol. The van der Waals surface area contributed by atoms with Gasteiger partial charge in [0, 0.05) is 16.5 Å². The van der Waals surface area contributed by atoms with Crippen molar-refractivity contribution < 1.29 is 9.84 Å². The van der Waals surface area contributed by atoms with Crippen LogP contribution in [0.4, 0.5) is 5.82 Å². The highest BCUT2D eigenvalue weighted by Gasteiger charge is 2.13. The summed E-state index contributed by atoms with van der Waals surface area (Å²) in [6, 6.07) is 15.3. The van der Waals surface area contributed by atoms with Crippen molar-refractivity contribution in [3.63, 3.8) is 0 Å². The zero-order valence-electron chi connectivity index (χ0n) is 14.5. The van der Waals surface area contributed by atoms with Gasteiger partial charge < -0.3 is 9.84 Å². The first-order valence-corrected chi connectivity index (χ1v) is 9.16. The van der Waals surface area contributed by atoms with Crippen molar-refractivity contribution in [1.82, 2.24) is 9.97 Å². The van der Waals surface area contributed by atoms with Crippen molar-refractivity contribution in [1.29, 1.82) is 0 Å². The van der Waals surface area contributed by atoms with E-state index in [1.54, 1.807) is 29.5 Å². The number of phenols is 1. The Morgan fingerprint density at radius 2 is 1.93 bits per heavy atom. The number of para-hydroxylation sites is 1. The van der Waals surface area contributed by atoms with Gasteiger partial charge in [0.05, 0.1) is 19.0 Å². The maximum Gasteiger partial charge on any atom is 0.186 e. The second kappa shape index (κ2) is 7.51. The van der Waals surface area contributed by atoms with E-state index < -0.39 is 0 Å². The molecule has 0 fully saturated rings. The van der Waals surface area contributed by atoms with Gasteiger partial charge in [0.1, 0.15) is 11.2 Å². The molecule has 4 rings (SSSR count). The molecule has 134 valence electrons. The third kappa shape index (κ3) is 3.37. The fourth-order valence-corrected chi connectivity index (χ4v) is 3.71. The molecule has 0 spiro atoms. The number of aromatic hydroxyl groups is 1. The Balaban J connectivity index is 1.68. The Kier molecular flexibility index (Phi) is 4.76. The zero-order chi connectivity index (χ0) is 18.6. The summed E-state index contributed by atoms with van der Waals surface area (Å²) in [7, 11) is 1.51. The third-order valence-electron chi connectivity index (χ3n) is 4.14. The van der Waals surface area contributed by atoms with Crippen LogP contribution in [0.3, 0.4) is 0 Å². The summed E-state index contributed by atoms with van der Waals surface area (Å²) in [5.41, 5.74) is 2.76. The van der Waals surface area contributed by atoms with Crippen LogP contribution in [-0.2, 0) is 6.54 Å². The summed E-state index contributed by atoms with van der Waals surface area (Å²) in [4.78, 5) is 9.50. The Labute approximate surface area is 159 Å². The summed E-state index contributed by atoms with van der Waals surface area (Å²) in [5.74, 6) is 1.01. The number of benzene rings is 2. The van der Waals surface area contributed by atoms with Crippen LogP contribution in [0.1, 0.15) is 5.56 Å². The highest BCUT2D eigenvalue weighted by Crippen LogP contribution is 2.37. The summed E-state index contributed by atoms with van der Waals surface area (Å²) >= 11 is 1.55. The van der Waals surface area contributed by atoms with Crippen LogP contribution in [-0.4, -0.2) is 22.2 Å². The highest BCUT2D eigenvalue weighted by atomic mass is 32.1. The zero-order valence-corrected chi connectivity index (χ0v) is 15.3. The molecule has 0 atom stereocenters. The largest absolute Gasteiger partial charge is 0.504 e. The minimum atomic E-state index is 0.0762. The van der Waals surface area contributed by atoms with Crippen LogP contribution in [0.25, 0.3) is 21.3 Å². The molecule has 0 aliphatic rings. The van der Waals surface area contributed by atoms with Gasteiger partial charge in [-0.3, -0.25) is 0 Å². The summed E-state index contributed by atoms with van der Waals surface area (Å²) in [6.45, 7) is 0.222. The first-order valence-electron chi connectivity index (χ1n) is 8.28. The predicted octanol–water partition coefficient (Wildman–Crippen LogP) is 5.36. The molecule has 0 unspecified atom stereocenters. The molecule has 0 saturated heterocycles. The second-order valence-electron chi connectivity index (χ2n) is 5.76. The minimum Gasteiger partial charge on any atom is -0.504 e. The molecule has 0 bridgehead atoms. The number of fused-ring (bicyclic) bond motifs is 1. The number of hydrogen-bond donors (Lipinski definition) is 1. The topological polar surface area (TPSA) is 80.0 Å². The van der Waals surface area contributed by atoms with E-state index in [0.717, 1.165) is 21.3 Å². The average Bonchev–Trinajstić information content (AvgIpc) is 3.15. The fraction of sp³-hybridized carbons (Fsp3) is 0.100. The van der Waals surface area contributed by atoms with Gasteiger partial charge >= 0.3 is 0 Å². The summed E-state index contributed by atoms with van der Waals surface area (Å²) in [6.07, 6.45) is 1.49. The first kappa shape index (κ1) is 17.1. The average molecular weight is 376 g/mol. The number of rotatable bonds is 5. The monoisotopic (exact) mass is 376 g/mol. The van der Waals surface area contributed by atoms with Gasteiger partial charge in [-0.2, -0.15) is 5.11 Å². The number of phenolic OH excluding ortho intramolecular Hbond substituents is 1. The Hall–Kier alpha value is -3.32. The number of nitrogens with zero attached hydrogens (tertiary/aromatic N) is 4. The molecule has 2 aromatic carbocycles. The van der Waals surface area contributed by atoms with Crippen molar-refractivity contribution in [3.05, 3.63) is 65.8 Å². The summed E-state index contributed by atoms with van der Waals surface area (Å²) < 4.78 is 5.12. The number of aromatic nitrogens is 2. The normalized spacial score (nSPS) is 11.3. The lowest BCUT2D eigenvalue weighted by molar-refractivity contribution is 0.370. The van der Waals surface area contributed by atoms with Gasteiger partial charge in [0.25, 0.3) is 0 Å². The Morgan fingerprint density at radius 1 is 1.07 bits per heavy atom. The van der Waals surface area contributed by atoms with E-state index in [1.807, 2.05) is 30.3 Å². The van der Waals surface area contributed by atoms with Crippen LogP contribution >= 0.6 is 11.3 Å². The lowest BCUT2D eigenvalue weighted by Crippen LogP contribution is -1.88. The number of ether oxygens (including phenoxy) is 1. The van der Waals surface area contributed by atoms with E-state index in [0.29, 0.717) is 17.1 Å². The molecule has 2 aromatic heterocycles. The first-order chi connectivity index (χ1) is 13.3. The van der Waals surface area contributed by atoms with E-state index >= 15 is 0 Å². The Bertz CT molecular complexity index is 1110. The van der Waals surface area contributed by atoms with Crippen molar-refractivity contribution >= 4 is 27.4 Å². The van der Waals surface area contributed by atoms with Gasteiger partial charge in [-0.25, -0.2) is 9.97 Å². The number of methoxy groups -OCH3 is 1. The molecule has 0 aliphatic carbocycles. The van der Waals surface area contributed by atoms with Crippen molar-refractivity contribution in [2.75, 3.05) is 7.11 Å². The van der Waals surface area contributed by atoms with Crippen molar-refractivity contribution in [3.8, 4) is 22.6 Å². The van der Waals surface area contributed by atoms with Crippen LogP contribution in [0.5, 0.6) is 11.5 Å². The predicted molar refractivity (Wildman–Crippen MR) is 106 cm³/mol. The number of thiophene rings is 1. The second-order valence-corrected chi connectivity index (χ2v) is 6.62. The van der Waals surface area contributed by atoms with E-state index in [1.165, 1.54) is 13.4 Å². The Morgan fingerprint density at radius 3 is 2.74 bits per heavy atom. The molecule has 1 N–H and O–H groups in total. The van der Waals surface area contributed by atoms with E-state index in [2.05, 4.69) is 25.6 Å². The van der Waals surface area contributed by atoms with Gasteiger partial charge in [-0.05, 0) is 11.6 Å². The molecule has 4 aromatic rings. The fourth-order valence-electron chi connectivity index (χ4n) is 2.80.